The third kappa shape index (κ3) is 2.12. The van der Waals surface area contributed by atoms with Crippen LogP contribution in [0, 0.1) is 6.92 Å². The SMILES string of the molecule is CC(=O)CSc1nn2c(=O)c(C)nnc2s1. The van der Waals surface area contributed by atoms with Crippen molar-refractivity contribution in [2.75, 3.05) is 5.75 Å². The molecule has 2 rings (SSSR count). The normalized spacial score (nSPS) is 10.9. The van der Waals surface area contributed by atoms with E-state index in [1.165, 1.54) is 34.5 Å². The van der Waals surface area contributed by atoms with Gasteiger partial charge in [-0.25, -0.2) is 0 Å². The number of carbonyl (C=O) groups excluding carboxylic acids is 1. The number of carbonyl (C=O) groups is 1. The van der Waals surface area contributed by atoms with Gasteiger partial charge in [0.1, 0.15) is 11.5 Å². The zero-order valence-electron chi connectivity index (χ0n) is 8.63. The quantitative estimate of drug-likeness (QED) is 0.746. The van der Waals surface area contributed by atoms with Gasteiger partial charge in [0, 0.05) is 0 Å². The van der Waals surface area contributed by atoms with Crippen molar-refractivity contribution in [1.82, 2.24) is 19.8 Å². The fourth-order valence-corrected chi connectivity index (χ4v) is 2.67. The summed E-state index contributed by atoms with van der Waals surface area (Å²) in [6, 6.07) is 0. The van der Waals surface area contributed by atoms with Gasteiger partial charge < -0.3 is 0 Å². The zero-order valence-corrected chi connectivity index (χ0v) is 10.3. The molecule has 2 aromatic rings. The van der Waals surface area contributed by atoms with Crippen LogP contribution in [0.4, 0.5) is 0 Å². The second kappa shape index (κ2) is 4.30. The van der Waals surface area contributed by atoms with Crippen molar-refractivity contribution < 1.29 is 4.79 Å². The Labute approximate surface area is 98.7 Å². The lowest BCUT2D eigenvalue weighted by atomic mass is 10.5. The molecule has 0 bridgehead atoms. The summed E-state index contributed by atoms with van der Waals surface area (Å²) in [6.07, 6.45) is 0. The summed E-state index contributed by atoms with van der Waals surface area (Å²) in [5, 5.41) is 11.7. The molecule has 0 aliphatic carbocycles. The maximum Gasteiger partial charge on any atom is 0.296 e. The molecule has 84 valence electrons. The summed E-state index contributed by atoms with van der Waals surface area (Å²) in [5.74, 6) is 0.417. The summed E-state index contributed by atoms with van der Waals surface area (Å²) in [7, 11) is 0. The third-order valence-corrected chi connectivity index (χ3v) is 3.90. The van der Waals surface area contributed by atoms with E-state index in [2.05, 4.69) is 15.3 Å². The van der Waals surface area contributed by atoms with Crippen LogP contribution in [-0.2, 0) is 4.79 Å². The van der Waals surface area contributed by atoms with Gasteiger partial charge in [-0.2, -0.15) is 4.52 Å². The van der Waals surface area contributed by atoms with Crippen LogP contribution < -0.4 is 5.56 Å². The number of thioether (sulfide) groups is 1. The minimum atomic E-state index is -0.268. The number of ketones is 1. The molecule has 0 saturated carbocycles. The van der Waals surface area contributed by atoms with Gasteiger partial charge in [-0.1, -0.05) is 23.1 Å². The van der Waals surface area contributed by atoms with Crippen LogP contribution in [0.2, 0.25) is 0 Å². The minimum absolute atomic E-state index is 0.0684. The van der Waals surface area contributed by atoms with Crippen molar-refractivity contribution in [3.8, 4) is 0 Å². The Kier molecular flexibility index (Phi) is 3.01. The monoisotopic (exact) mass is 256 g/mol. The van der Waals surface area contributed by atoms with Crippen LogP contribution in [0.3, 0.4) is 0 Å². The molecule has 0 fully saturated rings. The smallest absolute Gasteiger partial charge is 0.296 e. The van der Waals surface area contributed by atoms with Crippen molar-refractivity contribution in [1.29, 1.82) is 0 Å². The Morgan fingerprint density at radius 1 is 1.50 bits per heavy atom. The van der Waals surface area contributed by atoms with Crippen LogP contribution in [-0.4, -0.2) is 31.3 Å². The molecule has 0 saturated heterocycles. The molecular formula is C8H8N4O2S2. The van der Waals surface area contributed by atoms with Gasteiger partial charge in [0.25, 0.3) is 5.56 Å². The number of fused-ring (bicyclic) bond motifs is 1. The first kappa shape index (κ1) is 11.2. The van der Waals surface area contributed by atoms with Crippen molar-refractivity contribution in [3.05, 3.63) is 16.0 Å². The zero-order chi connectivity index (χ0) is 11.7. The maximum absolute atomic E-state index is 11.6. The van der Waals surface area contributed by atoms with Crippen molar-refractivity contribution >= 4 is 33.8 Å². The molecule has 16 heavy (non-hydrogen) atoms. The van der Waals surface area contributed by atoms with Crippen molar-refractivity contribution in [2.24, 2.45) is 0 Å². The highest BCUT2D eigenvalue weighted by atomic mass is 32.2. The molecule has 0 atom stereocenters. The Hall–Kier alpha value is -1.28. The fraction of sp³-hybridized carbons (Fsp3) is 0.375. The van der Waals surface area contributed by atoms with E-state index < -0.39 is 0 Å². The molecule has 0 unspecified atom stereocenters. The van der Waals surface area contributed by atoms with E-state index in [0.717, 1.165) is 0 Å². The first-order valence-electron chi connectivity index (χ1n) is 4.43. The van der Waals surface area contributed by atoms with Crippen LogP contribution in [0.5, 0.6) is 0 Å². The average Bonchev–Trinajstić information content (AvgIpc) is 2.64. The fourth-order valence-electron chi connectivity index (χ4n) is 0.997. The minimum Gasteiger partial charge on any atom is -0.299 e. The van der Waals surface area contributed by atoms with Gasteiger partial charge in [-0.3, -0.25) is 9.59 Å². The highest BCUT2D eigenvalue weighted by Gasteiger charge is 2.10. The molecule has 0 aliphatic rings. The molecule has 2 aromatic heterocycles. The van der Waals surface area contributed by atoms with Crippen LogP contribution in [0.25, 0.3) is 4.96 Å². The van der Waals surface area contributed by atoms with Crippen LogP contribution >= 0.6 is 23.1 Å². The second-order valence-electron chi connectivity index (χ2n) is 3.14. The first-order chi connectivity index (χ1) is 7.58. The van der Waals surface area contributed by atoms with Gasteiger partial charge in [0.05, 0.1) is 5.75 Å². The largest absolute Gasteiger partial charge is 0.299 e. The summed E-state index contributed by atoms with van der Waals surface area (Å²) < 4.78 is 1.86. The highest BCUT2D eigenvalue weighted by molar-refractivity contribution is 8.01. The average molecular weight is 256 g/mol. The lowest BCUT2D eigenvalue weighted by Crippen LogP contribution is -2.19. The predicted octanol–water partition coefficient (Wildman–Crippen LogP) is 0.536. The predicted molar refractivity (Wildman–Crippen MR) is 61.1 cm³/mol. The van der Waals surface area contributed by atoms with Crippen LogP contribution in [0.15, 0.2) is 9.13 Å². The molecule has 6 nitrogen and oxygen atoms in total. The molecule has 2 heterocycles. The van der Waals surface area contributed by atoms with Gasteiger partial charge in [-0.15, -0.1) is 15.3 Å². The molecular weight excluding hydrogens is 248 g/mol. The van der Waals surface area contributed by atoms with Crippen LogP contribution in [0.1, 0.15) is 12.6 Å². The molecule has 0 N–H and O–H groups in total. The Morgan fingerprint density at radius 3 is 2.94 bits per heavy atom. The molecule has 0 aromatic carbocycles. The van der Waals surface area contributed by atoms with E-state index >= 15 is 0 Å². The van der Waals surface area contributed by atoms with E-state index in [9.17, 15) is 9.59 Å². The maximum atomic E-state index is 11.6. The van der Waals surface area contributed by atoms with Gasteiger partial charge in [0.2, 0.25) is 4.96 Å². The summed E-state index contributed by atoms with van der Waals surface area (Å²) >= 11 is 2.55. The van der Waals surface area contributed by atoms with Gasteiger partial charge in [-0.05, 0) is 13.8 Å². The van der Waals surface area contributed by atoms with Gasteiger partial charge >= 0.3 is 0 Å². The summed E-state index contributed by atoms with van der Waals surface area (Å²) in [6.45, 7) is 3.10. The van der Waals surface area contributed by atoms with E-state index in [-0.39, 0.29) is 11.3 Å². The van der Waals surface area contributed by atoms with Gasteiger partial charge in [0.15, 0.2) is 4.34 Å². The number of nitrogens with zero attached hydrogens (tertiary/aromatic N) is 4. The number of aryl methyl sites for hydroxylation is 1. The first-order valence-corrected chi connectivity index (χ1v) is 6.23. The number of aromatic nitrogens is 4. The Balaban J connectivity index is 2.40. The van der Waals surface area contributed by atoms with E-state index in [0.29, 0.717) is 20.7 Å². The number of hydrogen-bond donors (Lipinski definition) is 0. The molecule has 8 heteroatoms. The van der Waals surface area contributed by atoms with Crippen molar-refractivity contribution in [2.45, 2.75) is 18.2 Å². The summed E-state index contributed by atoms with van der Waals surface area (Å²) in [5.41, 5.74) is 0.0434. The number of rotatable bonds is 3. The number of Topliss-reactive ketones (excluding diaryl/α,β-unsaturated/α-hetero) is 1. The standard InChI is InChI=1S/C8H8N4O2S2/c1-4(13)3-15-8-11-12-6(14)5(2)9-10-7(12)16-8/h3H2,1-2H3. The molecule has 0 spiro atoms. The Morgan fingerprint density at radius 2 is 2.25 bits per heavy atom. The molecule has 0 aliphatic heterocycles. The lowest BCUT2D eigenvalue weighted by Gasteiger charge is -1.89. The second-order valence-corrected chi connectivity index (χ2v) is 5.32. The lowest BCUT2D eigenvalue weighted by molar-refractivity contribution is -0.114. The molecule has 0 amide bonds. The van der Waals surface area contributed by atoms with Crippen molar-refractivity contribution in [3.63, 3.8) is 0 Å². The Bertz CT molecular complexity index is 604. The van der Waals surface area contributed by atoms with E-state index in [1.807, 2.05) is 0 Å². The third-order valence-electron chi connectivity index (χ3n) is 1.73. The topological polar surface area (TPSA) is 77.2 Å². The number of hydrogen-bond acceptors (Lipinski definition) is 7. The molecule has 0 radical (unpaired) electrons. The van der Waals surface area contributed by atoms with E-state index in [4.69, 9.17) is 0 Å². The summed E-state index contributed by atoms with van der Waals surface area (Å²) in [4.78, 5) is 22.9. The van der Waals surface area contributed by atoms with E-state index in [1.54, 1.807) is 6.92 Å². The highest BCUT2D eigenvalue weighted by Crippen LogP contribution is 2.22.